The second-order valence-corrected chi connectivity index (χ2v) is 7.05. The van der Waals surface area contributed by atoms with Crippen LogP contribution < -0.4 is 11.3 Å². The molecule has 2 aromatic heterocycles. The molecular weight excluding hydrogens is 344 g/mol. The van der Waals surface area contributed by atoms with Gasteiger partial charge < -0.3 is 0 Å². The van der Waals surface area contributed by atoms with Gasteiger partial charge >= 0.3 is 0 Å². The average molecular weight is 359 g/mol. The van der Waals surface area contributed by atoms with Crippen molar-refractivity contribution in [3.05, 3.63) is 87.8 Å². The predicted octanol–water partition coefficient (Wildman–Crippen LogP) is 2.82. The third-order valence-corrected chi connectivity index (χ3v) is 5.60. The first-order valence-electron chi connectivity index (χ1n) is 8.27. The Bertz CT molecular complexity index is 1240. The number of rotatable bonds is 2. The van der Waals surface area contributed by atoms with E-state index in [0.717, 1.165) is 27.1 Å². The van der Waals surface area contributed by atoms with E-state index < -0.39 is 0 Å². The van der Waals surface area contributed by atoms with E-state index in [4.69, 9.17) is 5.73 Å². The van der Waals surface area contributed by atoms with Gasteiger partial charge in [0.05, 0.1) is 10.9 Å². The lowest BCUT2D eigenvalue weighted by atomic mass is 10.1. The van der Waals surface area contributed by atoms with Crippen molar-refractivity contribution in [2.45, 2.75) is 6.54 Å². The van der Waals surface area contributed by atoms with Gasteiger partial charge in [0.15, 0.2) is 0 Å². The maximum Gasteiger partial charge on any atom is 0.299 e. The molecule has 5 rings (SSSR count). The average Bonchev–Trinajstić information content (AvgIpc) is 3.25. The van der Waals surface area contributed by atoms with Gasteiger partial charge in [-0.1, -0.05) is 48.5 Å². The number of thiophene rings is 1. The van der Waals surface area contributed by atoms with E-state index in [-0.39, 0.29) is 5.56 Å². The summed E-state index contributed by atoms with van der Waals surface area (Å²) in [6, 6.07) is 17.8. The van der Waals surface area contributed by atoms with Crippen LogP contribution in [0.5, 0.6) is 0 Å². The zero-order chi connectivity index (χ0) is 17.7. The molecule has 1 aliphatic heterocycles. The Morgan fingerprint density at radius 2 is 1.81 bits per heavy atom. The molecule has 2 aromatic carbocycles. The molecule has 1 aliphatic rings. The van der Waals surface area contributed by atoms with Crippen molar-refractivity contribution in [2.75, 3.05) is 0 Å². The van der Waals surface area contributed by atoms with Crippen molar-refractivity contribution in [3.8, 4) is 11.1 Å². The normalized spacial score (nSPS) is 13.4. The zero-order valence-electron chi connectivity index (χ0n) is 13.8. The minimum absolute atomic E-state index is 0.106. The van der Waals surface area contributed by atoms with Crippen LogP contribution in [0.3, 0.4) is 0 Å². The monoisotopic (exact) mass is 359 g/mol. The maximum atomic E-state index is 13.3. The highest BCUT2D eigenvalue weighted by atomic mass is 32.1. The Labute approximate surface area is 153 Å². The van der Waals surface area contributed by atoms with E-state index >= 15 is 0 Å². The number of fused-ring (bicyclic) bond motifs is 2. The van der Waals surface area contributed by atoms with Crippen LogP contribution in [-0.4, -0.2) is 20.2 Å². The van der Waals surface area contributed by atoms with Gasteiger partial charge in [0, 0.05) is 16.5 Å². The summed E-state index contributed by atoms with van der Waals surface area (Å²) in [5, 5.41) is 2.62. The smallest absolute Gasteiger partial charge is 0.285 e. The van der Waals surface area contributed by atoms with E-state index in [2.05, 4.69) is 4.98 Å². The van der Waals surface area contributed by atoms with Crippen molar-refractivity contribution in [3.63, 3.8) is 0 Å². The zero-order valence-corrected chi connectivity index (χ0v) is 14.6. The Morgan fingerprint density at radius 3 is 2.62 bits per heavy atom. The second-order valence-electron chi connectivity index (χ2n) is 6.19. The molecule has 0 spiro atoms. The molecule has 0 aliphatic carbocycles. The molecule has 3 heterocycles. The Balaban J connectivity index is 1.73. The molecule has 0 fully saturated rings. The van der Waals surface area contributed by atoms with Crippen molar-refractivity contribution < 1.29 is 4.68 Å². The maximum absolute atomic E-state index is 13.3. The van der Waals surface area contributed by atoms with Crippen LogP contribution in [0.1, 0.15) is 11.1 Å². The topological polar surface area (TPSA) is 63.9 Å². The minimum Gasteiger partial charge on any atom is -0.285 e. The highest BCUT2D eigenvalue weighted by molar-refractivity contribution is 7.17. The molecule has 126 valence electrons. The molecule has 0 atom stereocenters. The highest BCUT2D eigenvalue weighted by Crippen LogP contribution is 2.30. The summed E-state index contributed by atoms with van der Waals surface area (Å²) in [6.45, 7) is 0.555. The van der Waals surface area contributed by atoms with Gasteiger partial charge in [-0.25, -0.2) is 4.98 Å². The number of amidine groups is 1. The lowest BCUT2D eigenvalue weighted by Gasteiger charge is -2.06. The number of aromatic nitrogens is 2. The van der Waals surface area contributed by atoms with Gasteiger partial charge in [-0.05, 0) is 11.6 Å². The molecule has 5 nitrogen and oxygen atoms in total. The molecule has 0 saturated heterocycles. The quantitative estimate of drug-likeness (QED) is 0.560. The molecule has 4 aromatic rings. The minimum atomic E-state index is -0.106. The van der Waals surface area contributed by atoms with Gasteiger partial charge in [0.1, 0.15) is 17.7 Å². The number of benzene rings is 2. The number of nitrogens with two attached hydrogens (primary N) is 1. The molecule has 0 radical (unpaired) electrons. The van der Waals surface area contributed by atoms with Crippen molar-refractivity contribution in [1.82, 2.24) is 9.66 Å². The fourth-order valence-electron chi connectivity index (χ4n) is 3.41. The van der Waals surface area contributed by atoms with Crippen LogP contribution in [0.2, 0.25) is 0 Å². The first kappa shape index (κ1) is 15.0. The summed E-state index contributed by atoms with van der Waals surface area (Å²) in [5.41, 5.74) is 10.2. The molecule has 6 heteroatoms. The van der Waals surface area contributed by atoms with E-state index in [1.54, 1.807) is 11.0 Å². The van der Waals surface area contributed by atoms with Gasteiger partial charge in [-0.2, -0.15) is 0 Å². The molecule has 0 saturated carbocycles. The second kappa shape index (κ2) is 5.64. The molecular formula is C20H15N4OS+. The Kier molecular flexibility index (Phi) is 3.26. The summed E-state index contributed by atoms with van der Waals surface area (Å²) in [6.07, 6.45) is 1.56. The SMILES string of the molecule is NC1=[N+](n2cnc3scc(-c4ccccc4)c3c2=O)Cc2ccccc21. The van der Waals surface area contributed by atoms with Crippen molar-refractivity contribution >= 4 is 27.4 Å². The molecule has 0 bridgehead atoms. The lowest BCUT2D eigenvalue weighted by molar-refractivity contribution is -0.600. The van der Waals surface area contributed by atoms with Crippen molar-refractivity contribution in [2.24, 2.45) is 5.73 Å². The number of nitrogens with zero attached hydrogens (tertiary/aromatic N) is 3. The predicted molar refractivity (Wildman–Crippen MR) is 103 cm³/mol. The van der Waals surface area contributed by atoms with Crippen LogP contribution in [0.4, 0.5) is 0 Å². The van der Waals surface area contributed by atoms with Gasteiger partial charge in [0.25, 0.3) is 11.4 Å². The van der Waals surface area contributed by atoms with E-state index in [9.17, 15) is 4.79 Å². The number of hydrogen-bond acceptors (Lipinski definition) is 4. The van der Waals surface area contributed by atoms with Gasteiger partial charge in [-0.3, -0.25) is 10.5 Å². The largest absolute Gasteiger partial charge is 0.299 e. The Morgan fingerprint density at radius 1 is 1.04 bits per heavy atom. The van der Waals surface area contributed by atoms with Crippen molar-refractivity contribution in [1.29, 1.82) is 0 Å². The first-order chi connectivity index (χ1) is 12.7. The van der Waals surface area contributed by atoms with Crippen LogP contribution in [0.25, 0.3) is 21.3 Å². The molecule has 0 amide bonds. The molecule has 2 N–H and O–H groups in total. The van der Waals surface area contributed by atoms with E-state index in [1.165, 1.54) is 16.0 Å². The number of hydrogen-bond donors (Lipinski definition) is 1. The van der Waals surface area contributed by atoms with E-state index in [0.29, 0.717) is 17.8 Å². The fourth-order valence-corrected chi connectivity index (χ4v) is 4.32. The van der Waals surface area contributed by atoms with Crippen LogP contribution in [0.15, 0.2) is 71.1 Å². The first-order valence-corrected chi connectivity index (χ1v) is 9.15. The van der Waals surface area contributed by atoms with Crippen LogP contribution >= 0.6 is 11.3 Å². The molecule has 0 unspecified atom stereocenters. The fraction of sp³-hybridized carbons (Fsp3) is 0.0500. The third-order valence-electron chi connectivity index (χ3n) is 4.71. The summed E-state index contributed by atoms with van der Waals surface area (Å²) >= 11 is 1.48. The van der Waals surface area contributed by atoms with Crippen LogP contribution in [0, 0.1) is 0 Å². The summed E-state index contributed by atoms with van der Waals surface area (Å²) < 4.78 is 3.31. The lowest BCUT2D eigenvalue weighted by Crippen LogP contribution is -2.35. The standard InChI is InChI=1S/C20H14N4OS/c21-18-15-9-5-4-8-14(15)10-23(18)24-12-22-19-17(20(24)25)16(11-26-19)13-6-2-1-3-7-13/h1-9,11-12,21H,10H2/p+1. The highest BCUT2D eigenvalue weighted by Gasteiger charge is 2.27. The van der Waals surface area contributed by atoms with Gasteiger partial charge in [0.2, 0.25) is 0 Å². The summed E-state index contributed by atoms with van der Waals surface area (Å²) in [5.74, 6) is 0.570. The van der Waals surface area contributed by atoms with E-state index in [1.807, 2.05) is 60.0 Å². The van der Waals surface area contributed by atoms with Crippen LogP contribution in [-0.2, 0) is 6.54 Å². The Hall–Kier alpha value is -3.25. The third kappa shape index (κ3) is 2.12. The summed E-state index contributed by atoms with van der Waals surface area (Å²) in [7, 11) is 0. The summed E-state index contributed by atoms with van der Waals surface area (Å²) in [4.78, 5) is 18.5. The molecule has 26 heavy (non-hydrogen) atoms. The van der Waals surface area contributed by atoms with Gasteiger partial charge in [-0.15, -0.1) is 20.7 Å².